The van der Waals surface area contributed by atoms with Crippen LogP contribution in [0.15, 0.2) is 54.9 Å². The molecule has 0 aliphatic heterocycles. The highest BCUT2D eigenvalue weighted by Crippen LogP contribution is 2.31. The SMILES string of the molecule is COc1ccc(-c2cc(-c3ccncc3)nc(N)c2C#N)cc1. The van der Waals surface area contributed by atoms with Gasteiger partial charge in [-0.25, -0.2) is 4.98 Å². The van der Waals surface area contributed by atoms with Gasteiger partial charge in [-0.2, -0.15) is 5.26 Å². The number of nitrogens with zero attached hydrogens (tertiary/aromatic N) is 3. The zero-order valence-electron chi connectivity index (χ0n) is 12.5. The van der Waals surface area contributed by atoms with Crippen molar-refractivity contribution in [2.45, 2.75) is 0 Å². The average molecular weight is 302 g/mol. The lowest BCUT2D eigenvalue weighted by atomic mass is 9.98. The number of hydrogen-bond donors (Lipinski definition) is 1. The molecule has 0 amide bonds. The molecule has 2 aromatic heterocycles. The van der Waals surface area contributed by atoms with Crippen LogP contribution in [-0.4, -0.2) is 17.1 Å². The Labute approximate surface area is 134 Å². The molecule has 0 saturated heterocycles. The molecule has 0 unspecified atom stereocenters. The maximum Gasteiger partial charge on any atom is 0.142 e. The summed E-state index contributed by atoms with van der Waals surface area (Å²) in [4.78, 5) is 8.34. The van der Waals surface area contributed by atoms with Crippen molar-refractivity contribution in [3.05, 3.63) is 60.4 Å². The number of aromatic nitrogens is 2. The van der Waals surface area contributed by atoms with Gasteiger partial charge in [0.2, 0.25) is 0 Å². The van der Waals surface area contributed by atoms with Crippen LogP contribution < -0.4 is 10.5 Å². The summed E-state index contributed by atoms with van der Waals surface area (Å²) in [6, 6.07) is 15.2. The molecule has 5 heteroatoms. The quantitative estimate of drug-likeness (QED) is 0.802. The molecule has 1 aromatic carbocycles. The normalized spacial score (nSPS) is 10.1. The topological polar surface area (TPSA) is 84.8 Å². The average Bonchev–Trinajstić information content (AvgIpc) is 2.62. The van der Waals surface area contributed by atoms with E-state index < -0.39 is 0 Å². The number of pyridine rings is 2. The molecule has 0 bridgehead atoms. The number of benzene rings is 1. The van der Waals surface area contributed by atoms with Crippen molar-refractivity contribution in [2.24, 2.45) is 0 Å². The second kappa shape index (κ2) is 6.16. The van der Waals surface area contributed by atoms with Gasteiger partial charge in [-0.15, -0.1) is 0 Å². The standard InChI is InChI=1S/C18H14N4O/c1-23-14-4-2-12(3-5-14)15-10-17(13-6-8-21-9-7-13)22-18(20)16(15)11-19/h2-10H,1H3,(H2,20,22). The third-order valence-electron chi connectivity index (χ3n) is 3.54. The maximum absolute atomic E-state index is 9.42. The molecule has 0 spiro atoms. The van der Waals surface area contributed by atoms with Gasteiger partial charge < -0.3 is 10.5 Å². The number of nitrogens with two attached hydrogens (primary N) is 1. The number of nitrogen functional groups attached to an aromatic ring is 1. The Balaban J connectivity index is 2.18. The number of nitriles is 1. The lowest BCUT2D eigenvalue weighted by molar-refractivity contribution is 0.415. The molecular weight excluding hydrogens is 288 g/mol. The Morgan fingerprint density at radius 2 is 1.74 bits per heavy atom. The fourth-order valence-electron chi connectivity index (χ4n) is 2.35. The Bertz CT molecular complexity index is 868. The maximum atomic E-state index is 9.42. The van der Waals surface area contributed by atoms with Crippen LogP contribution in [0.1, 0.15) is 5.56 Å². The second-order valence-corrected chi connectivity index (χ2v) is 4.89. The van der Waals surface area contributed by atoms with Gasteiger partial charge >= 0.3 is 0 Å². The molecule has 0 fully saturated rings. The summed E-state index contributed by atoms with van der Waals surface area (Å²) in [5.74, 6) is 0.969. The lowest BCUT2D eigenvalue weighted by Gasteiger charge is -2.10. The Kier molecular flexibility index (Phi) is 3.89. The fourth-order valence-corrected chi connectivity index (χ4v) is 2.35. The van der Waals surface area contributed by atoms with E-state index >= 15 is 0 Å². The van der Waals surface area contributed by atoms with Crippen LogP contribution in [-0.2, 0) is 0 Å². The zero-order chi connectivity index (χ0) is 16.2. The first-order valence-electron chi connectivity index (χ1n) is 6.98. The fraction of sp³-hybridized carbons (Fsp3) is 0.0556. The predicted molar refractivity (Wildman–Crippen MR) is 88.6 cm³/mol. The Morgan fingerprint density at radius 3 is 2.35 bits per heavy atom. The molecule has 3 rings (SSSR count). The summed E-state index contributed by atoms with van der Waals surface area (Å²) in [5.41, 5.74) is 9.58. The molecular formula is C18H14N4O. The van der Waals surface area contributed by atoms with Gasteiger partial charge in [-0.3, -0.25) is 4.98 Å². The first kappa shape index (κ1) is 14.5. The van der Waals surface area contributed by atoms with Crippen LogP contribution in [0.2, 0.25) is 0 Å². The van der Waals surface area contributed by atoms with E-state index in [-0.39, 0.29) is 5.82 Å². The zero-order valence-corrected chi connectivity index (χ0v) is 12.5. The number of hydrogen-bond acceptors (Lipinski definition) is 5. The third kappa shape index (κ3) is 2.83. The van der Waals surface area contributed by atoms with Crippen LogP contribution >= 0.6 is 0 Å². The molecule has 5 nitrogen and oxygen atoms in total. The smallest absolute Gasteiger partial charge is 0.142 e. The van der Waals surface area contributed by atoms with E-state index in [1.807, 2.05) is 42.5 Å². The summed E-state index contributed by atoms with van der Waals surface area (Å²) < 4.78 is 5.17. The summed E-state index contributed by atoms with van der Waals surface area (Å²) in [7, 11) is 1.61. The summed E-state index contributed by atoms with van der Waals surface area (Å²) >= 11 is 0. The van der Waals surface area contributed by atoms with E-state index in [0.29, 0.717) is 11.3 Å². The third-order valence-corrected chi connectivity index (χ3v) is 3.54. The first-order chi connectivity index (χ1) is 11.2. The molecule has 0 saturated carbocycles. The van der Waals surface area contributed by atoms with E-state index in [1.165, 1.54) is 0 Å². The van der Waals surface area contributed by atoms with E-state index in [0.717, 1.165) is 22.4 Å². The van der Waals surface area contributed by atoms with Gasteiger partial charge in [0.05, 0.1) is 12.8 Å². The highest BCUT2D eigenvalue weighted by molar-refractivity contribution is 5.80. The van der Waals surface area contributed by atoms with E-state index in [9.17, 15) is 5.26 Å². The molecule has 0 radical (unpaired) electrons. The van der Waals surface area contributed by atoms with Gasteiger partial charge in [0, 0.05) is 23.5 Å². The van der Waals surface area contributed by atoms with Crippen molar-refractivity contribution in [3.63, 3.8) is 0 Å². The van der Waals surface area contributed by atoms with Crippen molar-refractivity contribution in [3.8, 4) is 34.2 Å². The highest BCUT2D eigenvalue weighted by atomic mass is 16.5. The molecule has 112 valence electrons. The van der Waals surface area contributed by atoms with E-state index in [2.05, 4.69) is 16.0 Å². The molecule has 2 heterocycles. The summed E-state index contributed by atoms with van der Waals surface area (Å²) in [6.45, 7) is 0. The predicted octanol–water partition coefficient (Wildman–Crippen LogP) is 3.27. The van der Waals surface area contributed by atoms with Crippen molar-refractivity contribution < 1.29 is 4.74 Å². The Hall–Kier alpha value is -3.39. The van der Waals surface area contributed by atoms with Gasteiger partial charge in [0.15, 0.2) is 0 Å². The lowest BCUT2D eigenvalue weighted by Crippen LogP contribution is -1.99. The number of methoxy groups -OCH3 is 1. The number of anilines is 1. The summed E-state index contributed by atoms with van der Waals surface area (Å²) in [5, 5.41) is 9.42. The van der Waals surface area contributed by atoms with Crippen molar-refractivity contribution in [1.82, 2.24) is 9.97 Å². The van der Waals surface area contributed by atoms with Gasteiger partial charge in [-0.05, 0) is 35.9 Å². The molecule has 0 aliphatic carbocycles. The molecule has 23 heavy (non-hydrogen) atoms. The van der Waals surface area contributed by atoms with Crippen LogP contribution in [0.5, 0.6) is 5.75 Å². The van der Waals surface area contributed by atoms with Crippen molar-refractivity contribution in [1.29, 1.82) is 5.26 Å². The largest absolute Gasteiger partial charge is 0.497 e. The highest BCUT2D eigenvalue weighted by Gasteiger charge is 2.13. The van der Waals surface area contributed by atoms with E-state index in [1.54, 1.807) is 19.5 Å². The first-order valence-corrected chi connectivity index (χ1v) is 6.98. The van der Waals surface area contributed by atoms with Gasteiger partial charge in [-0.1, -0.05) is 12.1 Å². The monoisotopic (exact) mass is 302 g/mol. The van der Waals surface area contributed by atoms with Crippen LogP contribution in [0.4, 0.5) is 5.82 Å². The number of ether oxygens (including phenoxy) is 1. The molecule has 0 atom stereocenters. The van der Waals surface area contributed by atoms with Crippen molar-refractivity contribution in [2.75, 3.05) is 12.8 Å². The molecule has 0 aliphatic rings. The van der Waals surface area contributed by atoms with Crippen molar-refractivity contribution >= 4 is 5.82 Å². The molecule has 3 aromatic rings. The second-order valence-electron chi connectivity index (χ2n) is 4.89. The van der Waals surface area contributed by atoms with E-state index in [4.69, 9.17) is 10.5 Å². The minimum Gasteiger partial charge on any atom is -0.497 e. The van der Waals surface area contributed by atoms with Gasteiger partial charge in [0.1, 0.15) is 23.2 Å². The van der Waals surface area contributed by atoms with Gasteiger partial charge in [0.25, 0.3) is 0 Å². The minimum absolute atomic E-state index is 0.215. The molecule has 2 N–H and O–H groups in total. The van der Waals surface area contributed by atoms with Crippen LogP contribution in [0.3, 0.4) is 0 Å². The number of rotatable bonds is 3. The van der Waals surface area contributed by atoms with Crippen LogP contribution in [0, 0.1) is 11.3 Å². The van der Waals surface area contributed by atoms with Crippen LogP contribution in [0.25, 0.3) is 22.4 Å². The Morgan fingerprint density at radius 1 is 1.04 bits per heavy atom. The minimum atomic E-state index is 0.215. The summed E-state index contributed by atoms with van der Waals surface area (Å²) in [6.07, 6.45) is 3.39.